The highest BCUT2D eigenvalue weighted by Gasteiger charge is 2.20. The summed E-state index contributed by atoms with van der Waals surface area (Å²) in [7, 11) is -6.00. The molecule has 0 fully saturated rings. The highest BCUT2D eigenvalue weighted by atomic mass is 19.5. The summed E-state index contributed by atoms with van der Waals surface area (Å²) in [4.78, 5) is 3.05. The molecule has 3 N–H and O–H groups in total. The first kappa shape index (κ1) is 16.8. The molecule has 1 rings (SSSR count). The topological polar surface area (TPSA) is 63.1 Å². The number of hydrogen-bond acceptors (Lipinski definition) is 2. The van der Waals surface area contributed by atoms with Crippen LogP contribution in [0.5, 0.6) is 0 Å². The molecule has 16 heavy (non-hydrogen) atoms. The molecule has 0 atom stereocenters. The number of nitrogens with zero attached hydrogens (tertiary/aromatic N) is 2. The number of rotatable bonds is 1. The SMILES string of the molecule is CCc1ccc([N+]#N)cc1.F[B-](F)(F)F.N. The summed E-state index contributed by atoms with van der Waals surface area (Å²) >= 11 is 0. The monoisotopic (exact) mass is 237 g/mol. The van der Waals surface area contributed by atoms with Gasteiger partial charge in [-0.05, 0) is 12.0 Å². The molecule has 0 spiro atoms. The maximum Gasteiger partial charge on any atom is 0.673 e. The number of hydrogen-bond donors (Lipinski definition) is 1. The highest BCUT2D eigenvalue weighted by molar-refractivity contribution is 6.50. The fourth-order valence-electron chi connectivity index (χ4n) is 0.798. The predicted molar refractivity (Wildman–Crippen MR) is 55.8 cm³/mol. The van der Waals surface area contributed by atoms with Crippen molar-refractivity contribution in [3.8, 4) is 0 Å². The lowest BCUT2D eigenvalue weighted by Crippen LogP contribution is -2.02. The van der Waals surface area contributed by atoms with Gasteiger partial charge in [-0.2, -0.15) is 0 Å². The molecule has 8 heteroatoms. The molecule has 0 aliphatic heterocycles. The van der Waals surface area contributed by atoms with Crippen molar-refractivity contribution in [3.63, 3.8) is 0 Å². The maximum absolute atomic E-state index is 9.75. The Bertz CT molecular complexity index is 325. The van der Waals surface area contributed by atoms with Gasteiger partial charge in [-0.1, -0.05) is 19.1 Å². The Kier molecular flexibility index (Phi) is 8.03. The van der Waals surface area contributed by atoms with Crippen molar-refractivity contribution in [3.05, 3.63) is 34.8 Å². The summed E-state index contributed by atoms with van der Waals surface area (Å²) in [6.45, 7) is 2.09. The van der Waals surface area contributed by atoms with Crippen LogP contribution in [0.25, 0.3) is 4.98 Å². The van der Waals surface area contributed by atoms with Crippen molar-refractivity contribution >= 4 is 12.9 Å². The number of diazo groups is 1. The van der Waals surface area contributed by atoms with Gasteiger partial charge in [-0.25, -0.2) is 0 Å². The van der Waals surface area contributed by atoms with E-state index in [1.807, 2.05) is 12.1 Å². The molecule has 0 amide bonds. The predicted octanol–water partition coefficient (Wildman–Crippen LogP) is 4.20. The quantitative estimate of drug-likeness (QED) is 0.452. The lowest BCUT2D eigenvalue weighted by molar-refractivity contribution is 0.368. The van der Waals surface area contributed by atoms with Crippen molar-refractivity contribution in [1.29, 1.82) is 5.39 Å². The Morgan fingerprint density at radius 1 is 1.12 bits per heavy atom. The van der Waals surface area contributed by atoms with Crippen molar-refractivity contribution in [1.82, 2.24) is 6.15 Å². The van der Waals surface area contributed by atoms with Crippen LogP contribution < -0.4 is 6.15 Å². The Morgan fingerprint density at radius 3 is 1.75 bits per heavy atom. The van der Waals surface area contributed by atoms with Gasteiger partial charge in [0.25, 0.3) is 0 Å². The molecule has 0 aliphatic carbocycles. The van der Waals surface area contributed by atoms with E-state index in [1.54, 1.807) is 12.1 Å². The van der Waals surface area contributed by atoms with Gasteiger partial charge in [0.1, 0.15) is 0 Å². The second-order valence-electron chi connectivity index (χ2n) is 2.61. The lowest BCUT2D eigenvalue weighted by atomic mass is 10.2. The number of halogens is 4. The van der Waals surface area contributed by atoms with Gasteiger partial charge in [-0.15, -0.1) is 0 Å². The third kappa shape index (κ3) is 10.5. The molecule has 0 heterocycles. The molecule has 0 bridgehead atoms. The van der Waals surface area contributed by atoms with Crippen molar-refractivity contribution < 1.29 is 17.3 Å². The van der Waals surface area contributed by atoms with E-state index >= 15 is 0 Å². The second kappa shape index (κ2) is 7.65. The second-order valence-corrected chi connectivity index (χ2v) is 2.61. The minimum absolute atomic E-state index is 0. The van der Waals surface area contributed by atoms with Crippen LogP contribution in [0, 0.1) is 5.39 Å². The van der Waals surface area contributed by atoms with Crippen molar-refractivity contribution in [2.45, 2.75) is 13.3 Å². The van der Waals surface area contributed by atoms with Gasteiger partial charge in [0.15, 0.2) is 4.98 Å². The molecular formula is C8H12BF4N3. The highest BCUT2D eigenvalue weighted by Crippen LogP contribution is 2.12. The van der Waals surface area contributed by atoms with Crippen LogP contribution in [0.1, 0.15) is 12.5 Å². The van der Waals surface area contributed by atoms with Gasteiger partial charge in [0, 0.05) is 12.1 Å². The fraction of sp³-hybridized carbons (Fsp3) is 0.250. The van der Waals surface area contributed by atoms with Crippen LogP contribution in [0.2, 0.25) is 0 Å². The average molecular weight is 237 g/mol. The summed E-state index contributed by atoms with van der Waals surface area (Å²) < 4.78 is 39.0. The van der Waals surface area contributed by atoms with Gasteiger partial charge < -0.3 is 23.4 Å². The van der Waals surface area contributed by atoms with Crippen LogP contribution in [-0.2, 0) is 6.42 Å². The molecule has 0 unspecified atom stereocenters. The van der Waals surface area contributed by atoms with E-state index in [4.69, 9.17) is 5.39 Å². The number of benzene rings is 1. The van der Waals surface area contributed by atoms with E-state index in [9.17, 15) is 17.3 Å². The van der Waals surface area contributed by atoms with Crippen LogP contribution in [0.3, 0.4) is 0 Å². The van der Waals surface area contributed by atoms with E-state index in [2.05, 4.69) is 11.9 Å². The normalized spacial score (nSPS) is 9.25. The van der Waals surface area contributed by atoms with E-state index in [-0.39, 0.29) is 6.15 Å². The van der Waals surface area contributed by atoms with E-state index in [0.717, 1.165) is 6.42 Å². The fourth-order valence-corrected chi connectivity index (χ4v) is 0.798. The smallest absolute Gasteiger partial charge is 0.418 e. The Balaban J connectivity index is 0. The van der Waals surface area contributed by atoms with Crippen LogP contribution in [0.4, 0.5) is 23.0 Å². The van der Waals surface area contributed by atoms with Gasteiger partial charge in [0.2, 0.25) is 5.39 Å². The third-order valence-electron chi connectivity index (χ3n) is 1.46. The Hall–Kier alpha value is -1.62. The van der Waals surface area contributed by atoms with E-state index in [1.165, 1.54) is 5.56 Å². The average Bonchev–Trinajstić information content (AvgIpc) is 2.15. The van der Waals surface area contributed by atoms with Gasteiger partial charge >= 0.3 is 12.9 Å². The van der Waals surface area contributed by atoms with Crippen LogP contribution in [0.15, 0.2) is 24.3 Å². The first-order valence-electron chi connectivity index (χ1n) is 4.18. The minimum atomic E-state index is -6.00. The molecule has 0 aromatic heterocycles. The standard InChI is InChI=1S/C8H9N2.BF4.H3N/c1-2-7-3-5-8(10-9)6-4-7;2-1(3,4)5;/h3-6H,2H2,1H3;;1H3/q+1;-1;. The zero-order chi connectivity index (χ0) is 11.9. The van der Waals surface area contributed by atoms with Crippen molar-refractivity contribution in [2.24, 2.45) is 0 Å². The summed E-state index contributed by atoms with van der Waals surface area (Å²) in [6.07, 6.45) is 1.02. The zero-order valence-electron chi connectivity index (χ0n) is 8.71. The maximum atomic E-state index is 9.75. The summed E-state index contributed by atoms with van der Waals surface area (Å²) in [5.41, 5.74) is 1.87. The summed E-state index contributed by atoms with van der Waals surface area (Å²) in [5.74, 6) is 0. The molecule has 0 radical (unpaired) electrons. The zero-order valence-corrected chi connectivity index (χ0v) is 8.71. The summed E-state index contributed by atoms with van der Waals surface area (Å²) in [6, 6.07) is 7.49. The van der Waals surface area contributed by atoms with E-state index < -0.39 is 7.25 Å². The number of aryl methyl sites for hydroxylation is 1. The summed E-state index contributed by atoms with van der Waals surface area (Å²) in [5, 5.41) is 8.33. The third-order valence-corrected chi connectivity index (χ3v) is 1.46. The van der Waals surface area contributed by atoms with Gasteiger partial charge in [0.05, 0.1) is 0 Å². The molecule has 0 aliphatic rings. The minimum Gasteiger partial charge on any atom is -0.418 e. The van der Waals surface area contributed by atoms with Crippen LogP contribution >= 0.6 is 0 Å². The van der Waals surface area contributed by atoms with Crippen LogP contribution in [-0.4, -0.2) is 7.25 Å². The first-order chi connectivity index (χ1) is 6.86. The first-order valence-corrected chi connectivity index (χ1v) is 4.18. The largest absolute Gasteiger partial charge is 0.673 e. The molecule has 1 aromatic carbocycles. The Morgan fingerprint density at radius 2 is 1.50 bits per heavy atom. The molecule has 0 saturated carbocycles. The molecule has 0 saturated heterocycles. The molecular weight excluding hydrogens is 225 g/mol. The Labute approximate surface area is 90.8 Å². The van der Waals surface area contributed by atoms with E-state index in [0.29, 0.717) is 5.69 Å². The lowest BCUT2D eigenvalue weighted by Gasteiger charge is -1.94. The molecule has 3 nitrogen and oxygen atoms in total. The van der Waals surface area contributed by atoms with Gasteiger partial charge in [-0.3, -0.25) is 0 Å². The molecule has 1 aromatic rings. The van der Waals surface area contributed by atoms with Crippen molar-refractivity contribution in [2.75, 3.05) is 0 Å². The molecule has 90 valence electrons.